The minimum absolute atomic E-state index is 0.282. The summed E-state index contributed by atoms with van der Waals surface area (Å²) >= 11 is 6.03. The van der Waals surface area contributed by atoms with Crippen LogP contribution in [0.5, 0.6) is 0 Å². The first-order chi connectivity index (χ1) is 18.6. The molecule has 1 amide bonds. The summed E-state index contributed by atoms with van der Waals surface area (Å²) in [4.78, 5) is 31.1. The van der Waals surface area contributed by atoms with E-state index in [0.29, 0.717) is 45.3 Å². The number of hydrogen-bond acceptors (Lipinski definition) is 7. The van der Waals surface area contributed by atoms with Crippen molar-refractivity contribution in [1.29, 1.82) is 0 Å². The summed E-state index contributed by atoms with van der Waals surface area (Å²) in [6, 6.07) is 22.6. The summed E-state index contributed by atoms with van der Waals surface area (Å²) in [6.07, 6.45) is 3.52. The van der Waals surface area contributed by atoms with Crippen LogP contribution in [-0.4, -0.2) is 34.2 Å². The van der Waals surface area contributed by atoms with Gasteiger partial charge >= 0.3 is 5.97 Å². The number of furan rings is 2. The molecule has 1 aliphatic heterocycles. The molecule has 1 aliphatic rings. The molecule has 1 atom stereocenters. The monoisotopic (exact) mass is 525 g/mol. The topological polar surface area (TPSA) is 98.1 Å². The first-order valence-electron chi connectivity index (χ1n) is 11.9. The molecule has 0 bridgehead atoms. The molecule has 38 heavy (non-hydrogen) atoms. The second-order valence-corrected chi connectivity index (χ2v) is 9.09. The Morgan fingerprint density at radius 3 is 2.53 bits per heavy atom. The minimum Gasteiger partial charge on any atom is -0.467 e. The Morgan fingerprint density at radius 2 is 1.76 bits per heavy atom. The second-order valence-electron chi connectivity index (χ2n) is 8.65. The zero-order valence-corrected chi connectivity index (χ0v) is 20.7. The maximum absolute atomic E-state index is 13.3. The lowest BCUT2D eigenvalue weighted by Gasteiger charge is -2.19. The van der Waals surface area contributed by atoms with Crippen LogP contribution < -0.4 is 0 Å². The smallest absolute Gasteiger partial charge is 0.339 e. The van der Waals surface area contributed by atoms with E-state index in [4.69, 9.17) is 25.2 Å². The number of amides is 1. The molecule has 188 valence electrons. The predicted molar refractivity (Wildman–Crippen MR) is 141 cm³/mol. The van der Waals surface area contributed by atoms with Crippen LogP contribution in [0.1, 0.15) is 34.1 Å². The van der Waals surface area contributed by atoms with Crippen molar-refractivity contribution in [2.45, 2.75) is 12.5 Å². The van der Waals surface area contributed by atoms with E-state index < -0.39 is 24.5 Å². The highest BCUT2D eigenvalue weighted by atomic mass is 35.5. The van der Waals surface area contributed by atoms with Crippen LogP contribution in [0.15, 0.2) is 105 Å². The van der Waals surface area contributed by atoms with Gasteiger partial charge in [0.2, 0.25) is 0 Å². The Morgan fingerprint density at radius 1 is 0.974 bits per heavy atom. The first kappa shape index (κ1) is 23.7. The third-order valence-electron chi connectivity index (χ3n) is 6.25. The summed E-state index contributed by atoms with van der Waals surface area (Å²) in [6.45, 7) is -0.500. The van der Waals surface area contributed by atoms with Gasteiger partial charge in [-0.25, -0.2) is 14.8 Å². The molecule has 0 radical (unpaired) electrons. The van der Waals surface area contributed by atoms with Gasteiger partial charge in [0.15, 0.2) is 12.4 Å². The summed E-state index contributed by atoms with van der Waals surface area (Å²) in [5.74, 6) is -0.0300. The fourth-order valence-corrected chi connectivity index (χ4v) is 4.55. The molecular weight excluding hydrogens is 506 g/mol. The third-order valence-corrected chi connectivity index (χ3v) is 6.50. The van der Waals surface area contributed by atoms with Gasteiger partial charge in [-0.2, -0.15) is 5.10 Å². The molecule has 5 aromatic rings. The van der Waals surface area contributed by atoms with Crippen molar-refractivity contribution in [2.75, 3.05) is 6.61 Å². The zero-order valence-electron chi connectivity index (χ0n) is 19.9. The van der Waals surface area contributed by atoms with Gasteiger partial charge in [-0.05, 0) is 54.1 Å². The Kier molecular flexibility index (Phi) is 6.23. The molecule has 0 fully saturated rings. The van der Waals surface area contributed by atoms with Crippen LogP contribution in [0.2, 0.25) is 5.02 Å². The van der Waals surface area contributed by atoms with Crippen molar-refractivity contribution in [1.82, 2.24) is 9.99 Å². The van der Waals surface area contributed by atoms with E-state index in [1.807, 2.05) is 24.3 Å². The number of nitrogens with zero attached hydrogens (tertiary/aromatic N) is 3. The molecule has 1 unspecified atom stereocenters. The number of halogens is 1. The van der Waals surface area contributed by atoms with E-state index in [-0.39, 0.29) is 5.56 Å². The van der Waals surface area contributed by atoms with Crippen molar-refractivity contribution < 1.29 is 23.2 Å². The number of carbonyl (C=O) groups excluding carboxylic acids is 2. The van der Waals surface area contributed by atoms with Gasteiger partial charge in [-0.1, -0.05) is 41.9 Å². The van der Waals surface area contributed by atoms with Gasteiger partial charge in [0.25, 0.3) is 5.91 Å². The van der Waals surface area contributed by atoms with Crippen LogP contribution >= 0.6 is 11.6 Å². The molecule has 0 spiro atoms. The van der Waals surface area contributed by atoms with Crippen molar-refractivity contribution in [3.8, 4) is 11.5 Å². The number of para-hydroxylation sites is 1. The van der Waals surface area contributed by atoms with Crippen LogP contribution in [0.3, 0.4) is 0 Å². The van der Waals surface area contributed by atoms with Crippen molar-refractivity contribution in [3.63, 3.8) is 0 Å². The summed E-state index contributed by atoms with van der Waals surface area (Å²) in [7, 11) is 0. The molecule has 0 aliphatic carbocycles. The van der Waals surface area contributed by atoms with E-state index in [9.17, 15) is 9.59 Å². The van der Waals surface area contributed by atoms with E-state index in [1.54, 1.807) is 60.9 Å². The highest BCUT2D eigenvalue weighted by Crippen LogP contribution is 2.33. The van der Waals surface area contributed by atoms with Crippen LogP contribution in [0.25, 0.3) is 22.4 Å². The largest absolute Gasteiger partial charge is 0.467 e. The van der Waals surface area contributed by atoms with Crippen molar-refractivity contribution >= 4 is 40.1 Å². The van der Waals surface area contributed by atoms with Crippen LogP contribution in [0, 0.1) is 0 Å². The fourth-order valence-electron chi connectivity index (χ4n) is 4.43. The second kappa shape index (κ2) is 9.99. The molecule has 9 heteroatoms. The molecule has 3 aromatic heterocycles. The lowest BCUT2D eigenvalue weighted by atomic mass is 10.0. The lowest BCUT2D eigenvalue weighted by molar-refractivity contribution is -0.136. The Bertz CT molecular complexity index is 1640. The van der Waals surface area contributed by atoms with Gasteiger partial charge in [-0.15, -0.1) is 0 Å². The zero-order chi connectivity index (χ0) is 26.1. The average Bonchev–Trinajstić information content (AvgIpc) is 3.73. The number of aromatic nitrogens is 1. The number of rotatable bonds is 6. The van der Waals surface area contributed by atoms with Crippen LogP contribution in [-0.2, 0) is 9.53 Å². The normalized spacial score (nSPS) is 15.0. The number of benzene rings is 2. The number of esters is 1. The summed E-state index contributed by atoms with van der Waals surface area (Å²) in [5.41, 5.74) is 2.91. The lowest BCUT2D eigenvalue weighted by Crippen LogP contribution is -2.31. The highest BCUT2D eigenvalue weighted by Gasteiger charge is 2.35. The third kappa shape index (κ3) is 4.57. The van der Waals surface area contributed by atoms with Gasteiger partial charge in [0.05, 0.1) is 29.3 Å². The molecular formula is C29H20ClN3O5. The Balaban J connectivity index is 1.25. The molecule has 0 N–H and O–H groups in total. The highest BCUT2D eigenvalue weighted by molar-refractivity contribution is 6.30. The van der Waals surface area contributed by atoms with E-state index in [0.717, 1.165) is 5.56 Å². The molecule has 4 heterocycles. The fraction of sp³-hybridized carbons (Fsp3) is 0.103. The standard InChI is InChI=1S/C29H20ClN3O5/c30-19-11-9-18(10-12-19)23-16-25(27-8-4-14-37-27)33(32-23)28(34)17-38-29(35)21-15-24(26-7-3-13-36-26)31-22-6-2-1-5-20(21)22/h1-15,25H,16-17H2. The van der Waals surface area contributed by atoms with E-state index in [2.05, 4.69) is 10.1 Å². The summed E-state index contributed by atoms with van der Waals surface area (Å²) < 4.78 is 16.5. The first-order valence-corrected chi connectivity index (χ1v) is 12.2. The van der Waals surface area contributed by atoms with Gasteiger partial charge in [0.1, 0.15) is 17.5 Å². The quantitative estimate of drug-likeness (QED) is 0.242. The number of hydrogen-bond donors (Lipinski definition) is 0. The average molecular weight is 526 g/mol. The molecule has 6 rings (SSSR count). The molecule has 2 aromatic carbocycles. The number of ether oxygens (including phenoxy) is 1. The maximum Gasteiger partial charge on any atom is 0.339 e. The SMILES string of the molecule is O=C(OCC(=O)N1N=C(c2ccc(Cl)cc2)CC1c1ccco1)c1cc(-c2ccco2)nc2ccccc12. The number of fused-ring (bicyclic) bond motifs is 1. The number of pyridine rings is 1. The van der Waals surface area contributed by atoms with Gasteiger partial charge in [-0.3, -0.25) is 4.79 Å². The number of hydrazone groups is 1. The van der Waals surface area contributed by atoms with Crippen molar-refractivity contribution in [3.05, 3.63) is 113 Å². The number of carbonyl (C=O) groups is 2. The predicted octanol–water partition coefficient (Wildman–Crippen LogP) is 6.28. The Labute approximate surface area is 222 Å². The van der Waals surface area contributed by atoms with Gasteiger partial charge < -0.3 is 13.6 Å². The van der Waals surface area contributed by atoms with Crippen molar-refractivity contribution in [2.24, 2.45) is 5.10 Å². The van der Waals surface area contributed by atoms with E-state index in [1.165, 1.54) is 11.3 Å². The molecule has 0 saturated carbocycles. The van der Waals surface area contributed by atoms with Gasteiger partial charge in [0, 0.05) is 16.8 Å². The maximum atomic E-state index is 13.3. The van der Waals surface area contributed by atoms with Crippen LogP contribution in [0.4, 0.5) is 0 Å². The summed E-state index contributed by atoms with van der Waals surface area (Å²) in [5, 5.41) is 7.09. The molecule has 8 nitrogen and oxygen atoms in total. The molecule has 0 saturated heterocycles. The van der Waals surface area contributed by atoms with E-state index >= 15 is 0 Å². The minimum atomic E-state index is -0.652. The Hall–Kier alpha value is -4.69.